The largest absolute Gasteiger partial charge is 0.496 e. The zero-order valence-electron chi connectivity index (χ0n) is 13.7. The normalized spacial score (nSPS) is 21.4. The number of ether oxygens (including phenoxy) is 1. The van der Waals surface area contributed by atoms with Crippen molar-refractivity contribution in [2.24, 2.45) is 0 Å². The van der Waals surface area contributed by atoms with E-state index in [9.17, 15) is 5.11 Å². The Morgan fingerprint density at radius 2 is 2.33 bits per heavy atom. The van der Waals surface area contributed by atoms with Crippen LogP contribution >= 0.6 is 0 Å². The molecule has 1 aromatic carbocycles. The zero-order chi connectivity index (χ0) is 17.0. The molecular weight excluding hydrogens is 306 g/mol. The van der Waals surface area contributed by atoms with Gasteiger partial charge in [0.05, 0.1) is 37.1 Å². The highest BCUT2D eigenvalue weighted by molar-refractivity contribution is 5.42. The maximum atomic E-state index is 10.9. The lowest BCUT2D eigenvalue weighted by Gasteiger charge is -2.39. The molecule has 0 aliphatic carbocycles. The van der Waals surface area contributed by atoms with E-state index in [-0.39, 0.29) is 0 Å². The number of aliphatic hydroxyl groups is 1. The first-order valence-electron chi connectivity index (χ1n) is 7.98. The fourth-order valence-corrected chi connectivity index (χ4v) is 3.30. The van der Waals surface area contributed by atoms with Crippen LogP contribution in [0.5, 0.6) is 5.75 Å². The maximum Gasteiger partial charge on any atom is 0.123 e. The van der Waals surface area contributed by atoms with Gasteiger partial charge in [0.25, 0.3) is 0 Å². The monoisotopic (exact) mass is 327 g/mol. The van der Waals surface area contributed by atoms with E-state index < -0.39 is 5.60 Å². The summed E-state index contributed by atoms with van der Waals surface area (Å²) in [7, 11) is 1.63. The predicted molar refractivity (Wildman–Crippen MR) is 87.2 cm³/mol. The number of piperidine rings is 1. The van der Waals surface area contributed by atoms with Gasteiger partial charge in [-0.05, 0) is 37.6 Å². The Bertz CT molecular complexity index is 725. The molecule has 0 amide bonds. The third-order valence-corrected chi connectivity index (χ3v) is 4.37. The average molecular weight is 327 g/mol. The number of nitrogens with zero attached hydrogens (tertiary/aromatic N) is 5. The SMILES string of the molecule is COc1ccc(C#N)cc1CN1CCCC(O)(Cn2ccnn2)C1. The Morgan fingerprint density at radius 3 is 3.04 bits per heavy atom. The van der Waals surface area contributed by atoms with Gasteiger partial charge in [0.1, 0.15) is 5.75 Å². The van der Waals surface area contributed by atoms with Crippen molar-refractivity contribution < 1.29 is 9.84 Å². The van der Waals surface area contributed by atoms with Crippen LogP contribution in [-0.2, 0) is 13.1 Å². The fraction of sp³-hybridized carbons (Fsp3) is 0.471. The number of likely N-dealkylation sites (tertiary alicyclic amines) is 1. The third-order valence-electron chi connectivity index (χ3n) is 4.37. The van der Waals surface area contributed by atoms with Crippen molar-refractivity contribution in [3.05, 3.63) is 41.7 Å². The minimum absolute atomic E-state index is 0.429. The summed E-state index contributed by atoms with van der Waals surface area (Å²) in [6.07, 6.45) is 5.02. The minimum Gasteiger partial charge on any atom is -0.496 e. The van der Waals surface area contributed by atoms with Crippen LogP contribution in [0.1, 0.15) is 24.0 Å². The summed E-state index contributed by atoms with van der Waals surface area (Å²) in [4.78, 5) is 2.19. The van der Waals surface area contributed by atoms with E-state index in [0.717, 1.165) is 30.7 Å². The average Bonchev–Trinajstić information content (AvgIpc) is 3.07. The standard InChI is InChI=1S/C17H21N5O2/c1-24-16-4-3-14(10-18)9-15(16)11-21-7-2-5-17(23,12-21)13-22-8-6-19-20-22/h3-4,6,8-9,23H,2,5,7,11-13H2,1H3. The molecule has 1 N–H and O–H groups in total. The summed E-state index contributed by atoms with van der Waals surface area (Å²) in [6.45, 7) is 2.52. The van der Waals surface area contributed by atoms with E-state index in [2.05, 4.69) is 21.3 Å². The molecule has 1 aromatic heterocycles. The molecule has 1 fully saturated rings. The molecule has 3 rings (SSSR count). The molecule has 0 bridgehead atoms. The summed E-state index contributed by atoms with van der Waals surface area (Å²) in [5.41, 5.74) is 0.744. The van der Waals surface area contributed by atoms with Crippen LogP contribution in [-0.4, -0.2) is 50.8 Å². The lowest BCUT2D eigenvalue weighted by atomic mass is 9.92. The van der Waals surface area contributed by atoms with E-state index in [0.29, 0.717) is 25.2 Å². The molecule has 2 heterocycles. The molecule has 2 aromatic rings. The van der Waals surface area contributed by atoms with Crippen LogP contribution in [0.25, 0.3) is 0 Å². The molecule has 0 radical (unpaired) electrons. The zero-order valence-corrected chi connectivity index (χ0v) is 13.7. The third kappa shape index (κ3) is 3.72. The predicted octanol–water partition coefficient (Wildman–Crippen LogP) is 1.19. The lowest BCUT2D eigenvalue weighted by Crippen LogP contribution is -2.50. The smallest absolute Gasteiger partial charge is 0.123 e. The van der Waals surface area contributed by atoms with Crippen molar-refractivity contribution in [1.82, 2.24) is 19.9 Å². The summed E-state index contributed by atoms with van der Waals surface area (Å²) >= 11 is 0. The van der Waals surface area contributed by atoms with E-state index in [1.54, 1.807) is 30.3 Å². The first kappa shape index (κ1) is 16.4. The molecular formula is C17H21N5O2. The molecule has 1 unspecified atom stereocenters. The van der Waals surface area contributed by atoms with Crippen molar-refractivity contribution in [1.29, 1.82) is 5.26 Å². The number of rotatable bonds is 5. The molecule has 7 nitrogen and oxygen atoms in total. The fourth-order valence-electron chi connectivity index (χ4n) is 3.30. The molecule has 24 heavy (non-hydrogen) atoms. The first-order chi connectivity index (χ1) is 11.6. The molecule has 0 spiro atoms. The molecule has 1 aliphatic heterocycles. The van der Waals surface area contributed by atoms with Gasteiger partial charge in [-0.1, -0.05) is 5.21 Å². The molecule has 1 saturated heterocycles. The van der Waals surface area contributed by atoms with Crippen molar-refractivity contribution in [2.75, 3.05) is 20.2 Å². The Kier molecular flexibility index (Phi) is 4.79. The Hall–Kier alpha value is -2.43. The van der Waals surface area contributed by atoms with Crippen LogP contribution in [0.3, 0.4) is 0 Å². The number of aromatic nitrogens is 3. The molecule has 126 valence electrons. The Balaban J connectivity index is 1.72. The maximum absolute atomic E-state index is 10.9. The quantitative estimate of drug-likeness (QED) is 0.887. The number of β-amino-alcohol motifs (C(OH)–C–C–N with tert-alkyl or cyclic N) is 1. The van der Waals surface area contributed by atoms with E-state index in [1.807, 2.05) is 12.1 Å². The number of hydrogen-bond acceptors (Lipinski definition) is 6. The van der Waals surface area contributed by atoms with Crippen molar-refractivity contribution in [3.8, 4) is 11.8 Å². The van der Waals surface area contributed by atoms with Crippen LogP contribution in [0, 0.1) is 11.3 Å². The second-order valence-corrected chi connectivity index (χ2v) is 6.28. The van der Waals surface area contributed by atoms with Gasteiger partial charge in [-0.15, -0.1) is 5.10 Å². The number of methoxy groups -OCH3 is 1. The second-order valence-electron chi connectivity index (χ2n) is 6.28. The highest BCUT2D eigenvalue weighted by atomic mass is 16.5. The van der Waals surface area contributed by atoms with Crippen LogP contribution in [0.15, 0.2) is 30.6 Å². The minimum atomic E-state index is -0.827. The Morgan fingerprint density at radius 1 is 1.46 bits per heavy atom. The van der Waals surface area contributed by atoms with Crippen molar-refractivity contribution >= 4 is 0 Å². The number of hydrogen-bond donors (Lipinski definition) is 1. The number of nitriles is 1. The van der Waals surface area contributed by atoms with Crippen molar-refractivity contribution in [3.63, 3.8) is 0 Å². The van der Waals surface area contributed by atoms with Crippen LogP contribution in [0.2, 0.25) is 0 Å². The first-order valence-corrected chi connectivity index (χ1v) is 7.98. The van der Waals surface area contributed by atoms with Crippen LogP contribution < -0.4 is 4.74 Å². The molecule has 7 heteroatoms. The van der Waals surface area contributed by atoms with Gasteiger partial charge in [-0.3, -0.25) is 4.90 Å². The van der Waals surface area contributed by atoms with Gasteiger partial charge in [0.15, 0.2) is 0 Å². The van der Waals surface area contributed by atoms with Crippen molar-refractivity contribution in [2.45, 2.75) is 31.5 Å². The van der Waals surface area contributed by atoms with E-state index in [1.165, 1.54) is 0 Å². The lowest BCUT2D eigenvalue weighted by molar-refractivity contribution is -0.0479. The van der Waals surface area contributed by atoms with Crippen LogP contribution in [0.4, 0.5) is 0 Å². The highest BCUT2D eigenvalue weighted by Crippen LogP contribution is 2.27. The molecule has 1 atom stereocenters. The number of benzene rings is 1. The van der Waals surface area contributed by atoms with Gasteiger partial charge in [0.2, 0.25) is 0 Å². The summed E-state index contributed by atoms with van der Waals surface area (Å²) in [6, 6.07) is 7.58. The summed E-state index contributed by atoms with van der Waals surface area (Å²) in [5.74, 6) is 0.763. The van der Waals surface area contributed by atoms with Gasteiger partial charge in [-0.2, -0.15) is 5.26 Å². The molecule has 0 saturated carbocycles. The topological polar surface area (TPSA) is 87.2 Å². The highest BCUT2D eigenvalue weighted by Gasteiger charge is 2.34. The molecule has 1 aliphatic rings. The Labute approximate surface area is 141 Å². The van der Waals surface area contributed by atoms with Gasteiger partial charge in [0, 0.05) is 24.8 Å². The summed E-state index contributed by atoms with van der Waals surface area (Å²) in [5, 5.41) is 27.7. The summed E-state index contributed by atoms with van der Waals surface area (Å²) < 4.78 is 7.07. The van der Waals surface area contributed by atoms with Gasteiger partial charge in [-0.25, -0.2) is 4.68 Å². The van der Waals surface area contributed by atoms with Gasteiger partial charge < -0.3 is 9.84 Å². The van der Waals surface area contributed by atoms with Gasteiger partial charge >= 0.3 is 0 Å². The van der Waals surface area contributed by atoms with E-state index >= 15 is 0 Å². The second kappa shape index (κ2) is 6.99. The van der Waals surface area contributed by atoms with E-state index in [4.69, 9.17) is 10.00 Å².